The van der Waals surface area contributed by atoms with Crippen LogP contribution < -0.4 is 16.8 Å². The Morgan fingerprint density at radius 2 is 1.73 bits per heavy atom. The molecule has 2 heterocycles. The average molecular weight is 333 g/mol. The topological polar surface area (TPSA) is 156 Å². The van der Waals surface area contributed by atoms with E-state index in [9.17, 15) is 22.8 Å². The molecule has 0 atom stereocenters. The number of nitrogens with zero attached hydrogens (tertiary/aromatic N) is 2. The van der Waals surface area contributed by atoms with Crippen molar-refractivity contribution < 1.29 is 22.8 Å². The summed E-state index contributed by atoms with van der Waals surface area (Å²) in [7, 11) is -4.20. The molecule has 2 aliphatic heterocycles. The molecule has 0 aromatic carbocycles. The molecule has 10 nitrogen and oxygen atoms in total. The second kappa shape index (κ2) is 4.89. The van der Waals surface area contributed by atoms with Gasteiger partial charge in [-0.2, -0.15) is 17.0 Å². The first-order valence-electron chi connectivity index (χ1n) is 6.67. The van der Waals surface area contributed by atoms with Crippen molar-refractivity contribution in [3.63, 3.8) is 0 Å². The van der Waals surface area contributed by atoms with Gasteiger partial charge in [0, 0.05) is 13.1 Å². The van der Waals surface area contributed by atoms with Crippen molar-refractivity contribution in [2.24, 2.45) is 11.5 Å². The number of primary amides is 1. The lowest BCUT2D eigenvalue weighted by Gasteiger charge is -2.39. The van der Waals surface area contributed by atoms with Gasteiger partial charge in [0.25, 0.3) is 5.91 Å². The highest BCUT2D eigenvalue weighted by Crippen LogP contribution is 2.29. The zero-order chi connectivity index (χ0) is 16.9. The quantitative estimate of drug-likeness (QED) is 0.499. The third-order valence-corrected chi connectivity index (χ3v) is 6.23. The van der Waals surface area contributed by atoms with Crippen LogP contribution in [0, 0.1) is 0 Å². The second-order valence-electron chi connectivity index (χ2n) is 6.01. The fraction of sp³-hybridized carbons (Fsp3) is 0.727. The van der Waals surface area contributed by atoms with Gasteiger partial charge in [0.1, 0.15) is 5.54 Å². The fourth-order valence-electron chi connectivity index (χ4n) is 2.52. The van der Waals surface area contributed by atoms with Crippen LogP contribution in [0.4, 0.5) is 4.79 Å². The molecule has 2 rings (SSSR count). The Bertz CT molecular complexity index is 635. The van der Waals surface area contributed by atoms with Gasteiger partial charge in [0.05, 0.1) is 5.54 Å². The van der Waals surface area contributed by atoms with E-state index in [-0.39, 0.29) is 25.9 Å². The Kier molecular flexibility index (Phi) is 3.70. The Morgan fingerprint density at radius 3 is 2.09 bits per heavy atom. The highest BCUT2D eigenvalue weighted by molar-refractivity contribution is 7.87. The van der Waals surface area contributed by atoms with E-state index < -0.39 is 39.1 Å². The molecule has 124 valence electrons. The zero-order valence-electron chi connectivity index (χ0n) is 12.3. The number of hydrogen-bond donors (Lipinski definition) is 3. The first-order chi connectivity index (χ1) is 9.93. The zero-order valence-corrected chi connectivity index (χ0v) is 13.1. The minimum atomic E-state index is -4.20. The normalized spacial score (nSPS) is 25.1. The number of piperidine rings is 1. The number of rotatable bonds is 3. The molecule has 0 saturated carbocycles. The summed E-state index contributed by atoms with van der Waals surface area (Å²) in [6.07, 6.45) is 0.0940. The molecule has 5 N–H and O–H groups in total. The van der Waals surface area contributed by atoms with Gasteiger partial charge in [-0.05, 0) is 26.7 Å². The number of nitrogens with two attached hydrogens (primary N) is 2. The highest BCUT2D eigenvalue weighted by atomic mass is 32.2. The maximum Gasteiger partial charge on any atom is 0.339 e. The van der Waals surface area contributed by atoms with E-state index in [1.54, 1.807) is 0 Å². The molecule has 0 radical (unpaired) electrons. The maximum absolute atomic E-state index is 12.6. The summed E-state index contributed by atoms with van der Waals surface area (Å²) in [5.41, 5.74) is 8.25. The maximum atomic E-state index is 12.6. The van der Waals surface area contributed by atoms with Crippen LogP contribution in [0.3, 0.4) is 0 Å². The summed E-state index contributed by atoms with van der Waals surface area (Å²) in [4.78, 5) is 34.8. The van der Waals surface area contributed by atoms with E-state index in [0.717, 1.165) is 4.31 Å². The number of amides is 4. The van der Waals surface area contributed by atoms with Gasteiger partial charge in [-0.3, -0.25) is 14.9 Å². The molecule has 2 aliphatic rings. The molecule has 11 heteroatoms. The van der Waals surface area contributed by atoms with E-state index in [1.165, 1.54) is 13.8 Å². The number of urea groups is 1. The smallest absolute Gasteiger partial charge is 0.339 e. The lowest BCUT2D eigenvalue weighted by atomic mass is 9.89. The van der Waals surface area contributed by atoms with Crippen LogP contribution in [0.1, 0.15) is 26.7 Å². The Morgan fingerprint density at radius 1 is 1.23 bits per heavy atom. The third-order valence-electron chi connectivity index (χ3n) is 4.13. The van der Waals surface area contributed by atoms with Crippen molar-refractivity contribution in [3.8, 4) is 0 Å². The molecule has 0 aromatic heterocycles. The number of nitrogens with one attached hydrogen (secondary N) is 1. The summed E-state index contributed by atoms with van der Waals surface area (Å²) >= 11 is 0. The summed E-state index contributed by atoms with van der Waals surface area (Å²) in [5, 5.41) is 1.98. The standard InChI is InChI=1S/C11H19N5O5S/c1-10(2)8(18)14-9(19)16(10)22(20,21)15-5-3-11(13,4-6-15)7(12)17/h3-6,13H2,1-2H3,(H2,12,17)(H,14,18,19). The minimum absolute atomic E-state index is 0.0470. The van der Waals surface area contributed by atoms with Crippen molar-refractivity contribution in [1.82, 2.24) is 13.9 Å². The fourth-order valence-corrected chi connectivity index (χ4v) is 4.31. The molecule has 2 saturated heterocycles. The predicted octanol–water partition coefficient (Wildman–Crippen LogP) is -2.16. The lowest BCUT2D eigenvalue weighted by molar-refractivity contribution is -0.124. The molecule has 2 fully saturated rings. The van der Waals surface area contributed by atoms with Gasteiger partial charge >= 0.3 is 16.2 Å². The number of carbonyl (C=O) groups is 3. The molecular weight excluding hydrogens is 314 g/mol. The van der Waals surface area contributed by atoms with Gasteiger partial charge in [0.15, 0.2) is 0 Å². The molecule has 0 spiro atoms. The first kappa shape index (κ1) is 16.6. The molecule has 0 unspecified atom stereocenters. The van der Waals surface area contributed by atoms with Gasteiger partial charge in [0.2, 0.25) is 5.91 Å². The van der Waals surface area contributed by atoms with Gasteiger partial charge < -0.3 is 11.5 Å². The summed E-state index contributed by atoms with van der Waals surface area (Å²) in [5.74, 6) is -1.39. The molecule has 0 aromatic rings. The average Bonchev–Trinajstić information content (AvgIpc) is 2.58. The number of hydrogen-bond acceptors (Lipinski definition) is 6. The molecule has 4 amide bonds. The van der Waals surface area contributed by atoms with Gasteiger partial charge in [-0.1, -0.05) is 0 Å². The van der Waals surface area contributed by atoms with Crippen molar-refractivity contribution in [1.29, 1.82) is 0 Å². The third kappa shape index (κ3) is 2.34. The molecule has 22 heavy (non-hydrogen) atoms. The van der Waals surface area contributed by atoms with Crippen molar-refractivity contribution in [2.45, 2.75) is 37.8 Å². The number of imide groups is 1. The van der Waals surface area contributed by atoms with Crippen LogP contribution >= 0.6 is 0 Å². The predicted molar refractivity (Wildman–Crippen MR) is 75.3 cm³/mol. The van der Waals surface area contributed by atoms with E-state index in [0.29, 0.717) is 4.31 Å². The van der Waals surface area contributed by atoms with Crippen molar-refractivity contribution in [2.75, 3.05) is 13.1 Å². The monoisotopic (exact) mass is 333 g/mol. The molecular formula is C11H19N5O5S. The minimum Gasteiger partial charge on any atom is -0.368 e. The van der Waals surface area contributed by atoms with Crippen LogP contribution in [-0.4, -0.2) is 59.0 Å². The number of carbonyl (C=O) groups excluding carboxylic acids is 3. The Hall–Kier alpha value is -1.72. The highest BCUT2D eigenvalue weighted by Gasteiger charge is 2.54. The van der Waals surface area contributed by atoms with Crippen LogP contribution in [-0.2, 0) is 19.8 Å². The Labute approximate surface area is 128 Å². The largest absolute Gasteiger partial charge is 0.368 e. The van der Waals surface area contributed by atoms with Gasteiger partial charge in [-0.15, -0.1) is 0 Å². The van der Waals surface area contributed by atoms with E-state index >= 15 is 0 Å². The first-order valence-corrected chi connectivity index (χ1v) is 8.07. The summed E-state index contributed by atoms with van der Waals surface area (Å²) in [6.45, 7) is 2.56. The van der Waals surface area contributed by atoms with Crippen LogP contribution in [0.25, 0.3) is 0 Å². The summed E-state index contributed by atoms with van der Waals surface area (Å²) < 4.78 is 26.8. The van der Waals surface area contributed by atoms with E-state index in [4.69, 9.17) is 11.5 Å². The van der Waals surface area contributed by atoms with Crippen LogP contribution in [0.15, 0.2) is 0 Å². The van der Waals surface area contributed by atoms with Crippen molar-refractivity contribution in [3.05, 3.63) is 0 Å². The van der Waals surface area contributed by atoms with Crippen LogP contribution in [0.2, 0.25) is 0 Å². The second-order valence-corrected chi connectivity index (χ2v) is 7.79. The summed E-state index contributed by atoms with van der Waals surface area (Å²) in [6, 6.07) is -0.991. The molecule has 0 bridgehead atoms. The SMILES string of the molecule is CC1(C)C(=O)NC(=O)N1S(=O)(=O)N1CCC(N)(C(N)=O)CC1. The van der Waals surface area contributed by atoms with E-state index in [1.807, 2.05) is 5.32 Å². The van der Waals surface area contributed by atoms with Gasteiger partial charge in [-0.25, -0.2) is 4.79 Å². The van der Waals surface area contributed by atoms with Crippen molar-refractivity contribution >= 4 is 28.1 Å². The Balaban J connectivity index is 2.25. The van der Waals surface area contributed by atoms with Crippen LogP contribution in [0.5, 0.6) is 0 Å². The van der Waals surface area contributed by atoms with E-state index in [2.05, 4.69) is 0 Å². The lowest BCUT2D eigenvalue weighted by Crippen LogP contribution is -2.61. The molecule has 0 aliphatic carbocycles.